The lowest BCUT2D eigenvalue weighted by atomic mass is 9.83. The highest BCUT2D eigenvalue weighted by atomic mass is 19.1. The van der Waals surface area contributed by atoms with E-state index >= 15 is 0 Å². The van der Waals surface area contributed by atoms with Crippen LogP contribution in [0.4, 0.5) is 22.1 Å². The van der Waals surface area contributed by atoms with Gasteiger partial charge in [0.2, 0.25) is 11.9 Å². The SMILES string of the molecule is CC(Nc1ncnc(Nc2cc(C3CCC3)[nH]n2)n1)c1ccc(F)cc1. The second-order valence-electron chi connectivity index (χ2n) is 6.51. The summed E-state index contributed by atoms with van der Waals surface area (Å²) in [5, 5.41) is 13.6. The first-order valence-electron chi connectivity index (χ1n) is 8.71. The van der Waals surface area contributed by atoms with Gasteiger partial charge in [-0.2, -0.15) is 10.1 Å². The van der Waals surface area contributed by atoms with E-state index in [0.29, 0.717) is 23.6 Å². The molecule has 1 aliphatic rings. The van der Waals surface area contributed by atoms with Crippen LogP contribution in [0.3, 0.4) is 0 Å². The van der Waals surface area contributed by atoms with Gasteiger partial charge in [0.05, 0.1) is 6.04 Å². The third kappa shape index (κ3) is 3.63. The van der Waals surface area contributed by atoms with Crippen LogP contribution >= 0.6 is 0 Å². The normalized spacial score (nSPS) is 15.3. The molecule has 1 aromatic carbocycles. The fourth-order valence-corrected chi connectivity index (χ4v) is 2.90. The molecular weight excluding hydrogens is 333 g/mol. The topological polar surface area (TPSA) is 91.4 Å². The summed E-state index contributed by atoms with van der Waals surface area (Å²) in [6, 6.07) is 8.28. The first-order valence-corrected chi connectivity index (χ1v) is 8.71. The molecule has 1 atom stereocenters. The van der Waals surface area contributed by atoms with Crippen LogP contribution in [-0.4, -0.2) is 25.1 Å². The Labute approximate surface area is 150 Å². The molecule has 2 aromatic heterocycles. The van der Waals surface area contributed by atoms with Crippen LogP contribution in [0.15, 0.2) is 36.7 Å². The van der Waals surface area contributed by atoms with Crippen molar-refractivity contribution in [1.82, 2.24) is 25.1 Å². The molecule has 0 amide bonds. The molecule has 7 nitrogen and oxygen atoms in total. The number of benzene rings is 1. The highest BCUT2D eigenvalue weighted by molar-refractivity contribution is 5.49. The summed E-state index contributed by atoms with van der Waals surface area (Å²) in [6.07, 6.45) is 5.14. The lowest BCUT2D eigenvalue weighted by Crippen LogP contribution is -2.11. The molecule has 0 radical (unpaired) electrons. The Hall–Kier alpha value is -3.03. The van der Waals surface area contributed by atoms with E-state index in [0.717, 1.165) is 11.3 Å². The molecule has 134 valence electrons. The molecule has 26 heavy (non-hydrogen) atoms. The predicted molar refractivity (Wildman–Crippen MR) is 96.7 cm³/mol. The number of H-pyrrole nitrogens is 1. The number of hydrogen-bond acceptors (Lipinski definition) is 6. The molecular formula is C18H20FN7. The Kier molecular flexibility index (Phi) is 4.47. The van der Waals surface area contributed by atoms with E-state index in [1.165, 1.54) is 37.7 Å². The van der Waals surface area contributed by atoms with Crippen LogP contribution in [0.1, 0.15) is 49.4 Å². The van der Waals surface area contributed by atoms with Crippen LogP contribution in [0, 0.1) is 5.82 Å². The Morgan fingerprint density at radius 1 is 1.15 bits per heavy atom. The van der Waals surface area contributed by atoms with Gasteiger partial charge in [-0.15, -0.1) is 0 Å². The Morgan fingerprint density at radius 2 is 1.92 bits per heavy atom. The minimum absolute atomic E-state index is 0.0681. The maximum absolute atomic E-state index is 13.0. The summed E-state index contributed by atoms with van der Waals surface area (Å²) in [6.45, 7) is 1.96. The highest BCUT2D eigenvalue weighted by Crippen LogP contribution is 2.36. The van der Waals surface area contributed by atoms with E-state index in [1.807, 2.05) is 13.0 Å². The Balaban J connectivity index is 1.42. The zero-order chi connectivity index (χ0) is 17.9. The smallest absolute Gasteiger partial charge is 0.233 e. The second kappa shape index (κ2) is 7.07. The molecule has 3 aromatic rings. The summed E-state index contributed by atoms with van der Waals surface area (Å²) < 4.78 is 13.0. The van der Waals surface area contributed by atoms with Gasteiger partial charge in [0.15, 0.2) is 5.82 Å². The summed E-state index contributed by atoms with van der Waals surface area (Å²) in [5.74, 6) is 1.88. The van der Waals surface area contributed by atoms with Gasteiger partial charge < -0.3 is 10.6 Å². The fraction of sp³-hybridized carbons (Fsp3) is 0.333. The number of rotatable bonds is 6. The number of anilines is 3. The van der Waals surface area contributed by atoms with Crippen molar-refractivity contribution in [2.75, 3.05) is 10.6 Å². The van der Waals surface area contributed by atoms with Gasteiger partial charge in [0, 0.05) is 17.7 Å². The molecule has 1 saturated carbocycles. The van der Waals surface area contributed by atoms with E-state index < -0.39 is 0 Å². The van der Waals surface area contributed by atoms with E-state index in [9.17, 15) is 4.39 Å². The zero-order valence-corrected chi connectivity index (χ0v) is 14.4. The highest BCUT2D eigenvalue weighted by Gasteiger charge is 2.21. The quantitative estimate of drug-likeness (QED) is 0.622. The average Bonchev–Trinajstić information content (AvgIpc) is 3.02. The lowest BCUT2D eigenvalue weighted by Gasteiger charge is -2.23. The van der Waals surface area contributed by atoms with Crippen molar-refractivity contribution in [2.24, 2.45) is 0 Å². The summed E-state index contributed by atoms with van der Waals surface area (Å²) in [7, 11) is 0. The molecule has 0 spiro atoms. The van der Waals surface area contributed by atoms with Crippen molar-refractivity contribution < 1.29 is 4.39 Å². The zero-order valence-electron chi connectivity index (χ0n) is 14.4. The second-order valence-corrected chi connectivity index (χ2v) is 6.51. The molecule has 0 bridgehead atoms. The van der Waals surface area contributed by atoms with E-state index in [1.54, 1.807) is 12.1 Å². The van der Waals surface area contributed by atoms with Gasteiger partial charge in [-0.05, 0) is 37.5 Å². The van der Waals surface area contributed by atoms with Gasteiger partial charge in [-0.3, -0.25) is 5.10 Å². The Bertz CT molecular complexity index is 873. The molecule has 1 aliphatic carbocycles. The van der Waals surface area contributed by atoms with Gasteiger partial charge in [0.1, 0.15) is 12.1 Å². The number of aromatic amines is 1. The van der Waals surface area contributed by atoms with Crippen molar-refractivity contribution >= 4 is 17.7 Å². The number of hydrogen-bond donors (Lipinski definition) is 3. The third-order valence-electron chi connectivity index (χ3n) is 4.67. The Morgan fingerprint density at radius 3 is 2.65 bits per heavy atom. The number of nitrogens with one attached hydrogen (secondary N) is 3. The lowest BCUT2D eigenvalue weighted by molar-refractivity contribution is 0.410. The molecule has 3 N–H and O–H groups in total. The largest absolute Gasteiger partial charge is 0.348 e. The maximum Gasteiger partial charge on any atom is 0.233 e. The third-order valence-corrected chi connectivity index (χ3v) is 4.67. The van der Waals surface area contributed by atoms with E-state index in [4.69, 9.17) is 0 Å². The predicted octanol–water partition coefficient (Wildman–Crippen LogP) is 3.92. The van der Waals surface area contributed by atoms with Crippen molar-refractivity contribution in [1.29, 1.82) is 0 Å². The van der Waals surface area contributed by atoms with Crippen LogP contribution in [0.2, 0.25) is 0 Å². The molecule has 1 fully saturated rings. The summed E-state index contributed by atoms with van der Waals surface area (Å²) >= 11 is 0. The molecule has 0 aliphatic heterocycles. The summed E-state index contributed by atoms with van der Waals surface area (Å²) in [4.78, 5) is 12.6. The summed E-state index contributed by atoms with van der Waals surface area (Å²) in [5.41, 5.74) is 2.09. The van der Waals surface area contributed by atoms with E-state index in [-0.39, 0.29) is 11.9 Å². The van der Waals surface area contributed by atoms with Crippen LogP contribution in [0.5, 0.6) is 0 Å². The molecule has 4 rings (SSSR count). The van der Waals surface area contributed by atoms with Gasteiger partial charge in [0.25, 0.3) is 0 Å². The van der Waals surface area contributed by atoms with Crippen LogP contribution in [-0.2, 0) is 0 Å². The number of nitrogens with zero attached hydrogens (tertiary/aromatic N) is 4. The number of aromatic nitrogens is 5. The molecule has 1 unspecified atom stereocenters. The van der Waals surface area contributed by atoms with Crippen molar-refractivity contribution in [2.45, 2.75) is 38.1 Å². The maximum atomic E-state index is 13.0. The molecule has 0 saturated heterocycles. The van der Waals surface area contributed by atoms with Crippen molar-refractivity contribution in [3.63, 3.8) is 0 Å². The van der Waals surface area contributed by atoms with Gasteiger partial charge in [-0.25, -0.2) is 14.4 Å². The minimum atomic E-state index is -0.257. The standard InChI is InChI=1S/C18H20FN7/c1-11(12-5-7-14(19)8-6-12)22-17-20-10-21-18(24-17)23-16-9-15(25-26-16)13-3-2-4-13/h5-11,13H,2-4H2,1H3,(H3,20,21,22,23,24,25,26). The molecule has 8 heteroatoms. The van der Waals surface area contributed by atoms with Crippen LogP contribution < -0.4 is 10.6 Å². The minimum Gasteiger partial charge on any atom is -0.348 e. The first-order chi connectivity index (χ1) is 12.7. The van der Waals surface area contributed by atoms with Gasteiger partial charge >= 0.3 is 0 Å². The number of halogens is 1. The van der Waals surface area contributed by atoms with Crippen LogP contribution in [0.25, 0.3) is 0 Å². The van der Waals surface area contributed by atoms with Crippen molar-refractivity contribution in [3.05, 3.63) is 53.7 Å². The first kappa shape index (κ1) is 16.4. The van der Waals surface area contributed by atoms with Crippen molar-refractivity contribution in [3.8, 4) is 0 Å². The molecule has 2 heterocycles. The van der Waals surface area contributed by atoms with E-state index in [2.05, 4.69) is 35.8 Å². The average molecular weight is 353 g/mol. The van der Waals surface area contributed by atoms with Gasteiger partial charge in [-0.1, -0.05) is 18.6 Å². The monoisotopic (exact) mass is 353 g/mol. The fourth-order valence-electron chi connectivity index (χ4n) is 2.90.